The lowest BCUT2D eigenvalue weighted by atomic mass is 9.88. The highest BCUT2D eigenvalue weighted by Gasteiger charge is 2.29. The molecule has 0 aliphatic heterocycles. The Hall–Kier alpha value is -3.01. The lowest BCUT2D eigenvalue weighted by Gasteiger charge is -2.18. The summed E-state index contributed by atoms with van der Waals surface area (Å²) >= 11 is 1.34. The number of rotatable bonds is 6. The Morgan fingerprint density at radius 1 is 1.41 bits per heavy atom. The first-order chi connectivity index (χ1) is 13.8. The number of pyridine rings is 1. The summed E-state index contributed by atoms with van der Waals surface area (Å²) in [5.41, 5.74) is 0.466. The molecule has 0 aromatic carbocycles. The molecule has 2 aromatic heterocycles. The lowest BCUT2D eigenvalue weighted by Crippen LogP contribution is -2.27. The third-order valence-electron chi connectivity index (χ3n) is 4.74. The molecular weight excluding hydrogens is 398 g/mol. The van der Waals surface area contributed by atoms with Crippen LogP contribution in [-0.2, 0) is 28.9 Å². The number of anilines is 1. The number of thiophene rings is 1. The molecule has 154 valence electrons. The molecular formula is C19H21N3O6S. The van der Waals surface area contributed by atoms with Crippen LogP contribution in [0.5, 0.6) is 0 Å². The van der Waals surface area contributed by atoms with Crippen molar-refractivity contribution in [2.45, 2.75) is 39.7 Å². The largest absolute Gasteiger partial charge is 0.462 e. The summed E-state index contributed by atoms with van der Waals surface area (Å²) < 4.78 is 6.13. The molecule has 10 heteroatoms. The minimum Gasteiger partial charge on any atom is -0.462 e. The molecule has 0 saturated carbocycles. The highest BCUT2D eigenvalue weighted by atomic mass is 32.1. The van der Waals surface area contributed by atoms with Crippen molar-refractivity contribution in [3.05, 3.63) is 54.8 Å². The quantitative estimate of drug-likeness (QED) is 0.437. The van der Waals surface area contributed by atoms with Crippen molar-refractivity contribution in [2.75, 3.05) is 11.9 Å². The minimum atomic E-state index is -0.638. The molecule has 1 amide bonds. The van der Waals surface area contributed by atoms with Gasteiger partial charge in [-0.05, 0) is 37.7 Å². The summed E-state index contributed by atoms with van der Waals surface area (Å²) in [6.45, 7) is 3.67. The molecule has 1 aliphatic carbocycles. The van der Waals surface area contributed by atoms with Crippen molar-refractivity contribution in [1.29, 1.82) is 0 Å². The summed E-state index contributed by atoms with van der Waals surface area (Å²) in [4.78, 5) is 48.3. The van der Waals surface area contributed by atoms with Gasteiger partial charge in [0.2, 0.25) is 5.91 Å². The number of hydrogen-bond donors (Lipinski definition) is 1. The van der Waals surface area contributed by atoms with E-state index in [1.165, 1.54) is 11.3 Å². The number of carbonyl (C=O) groups is 2. The van der Waals surface area contributed by atoms with E-state index in [1.807, 2.05) is 0 Å². The monoisotopic (exact) mass is 419 g/mol. The van der Waals surface area contributed by atoms with Gasteiger partial charge >= 0.3 is 5.97 Å². The van der Waals surface area contributed by atoms with Gasteiger partial charge in [-0.15, -0.1) is 11.3 Å². The average Bonchev–Trinajstić information content (AvgIpc) is 3.00. The van der Waals surface area contributed by atoms with E-state index >= 15 is 0 Å². The Bertz CT molecular complexity index is 1030. The van der Waals surface area contributed by atoms with Crippen LogP contribution in [0, 0.1) is 16.0 Å². The van der Waals surface area contributed by atoms with Gasteiger partial charge in [0.15, 0.2) is 0 Å². The van der Waals surface area contributed by atoms with Gasteiger partial charge in [0.25, 0.3) is 11.2 Å². The van der Waals surface area contributed by atoms with Gasteiger partial charge in [-0.2, -0.15) is 0 Å². The number of carbonyl (C=O) groups excluding carboxylic acids is 2. The predicted molar refractivity (Wildman–Crippen MR) is 107 cm³/mol. The fourth-order valence-electron chi connectivity index (χ4n) is 3.33. The van der Waals surface area contributed by atoms with Crippen LogP contribution in [0.4, 0.5) is 10.7 Å². The zero-order chi connectivity index (χ0) is 21.1. The van der Waals surface area contributed by atoms with Crippen molar-refractivity contribution in [3.8, 4) is 0 Å². The molecule has 1 unspecified atom stereocenters. The maximum atomic E-state index is 12.5. The van der Waals surface area contributed by atoms with Crippen LogP contribution in [0.15, 0.2) is 23.1 Å². The smallest absolute Gasteiger partial charge is 0.341 e. The Balaban J connectivity index is 1.87. The van der Waals surface area contributed by atoms with Gasteiger partial charge in [-0.1, -0.05) is 6.92 Å². The number of nitrogens with zero attached hydrogens (tertiary/aromatic N) is 2. The second-order valence-corrected chi connectivity index (χ2v) is 8.04. The molecule has 9 nitrogen and oxygen atoms in total. The van der Waals surface area contributed by atoms with Gasteiger partial charge in [0, 0.05) is 17.0 Å². The molecule has 29 heavy (non-hydrogen) atoms. The third kappa shape index (κ3) is 4.53. The number of aromatic nitrogens is 1. The maximum Gasteiger partial charge on any atom is 0.341 e. The number of amides is 1. The maximum absolute atomic E-state index is 12.5. The van der Waals surface area contributed by atoms with Gasteiger partial charge in [-0.3, -0.25) is 24.3 Å². The molecule has 2 heterocycles. The summed E-state index contributed by atoms with van der Waals surface area (Å²) in [6, 6.07) is 2.13. The summed E-state index contributed by atoms with van der Waals surface area (Å²) in [5.74, 6) is -0.546. The molecule has 0 radical (unpaired) electrons. The van der Waals surface area contributed by atoms with Crippen molar-refractivity contribution >= 4 is 33.9 Å². The lowest BCUT2D eigenvalue weighted by molar-refractivity contribution is -0.385. The summed E-state index contributed by atoms with van der Waals surface area (Å²) in [5, 5.41) is 14.0. The van der Waals surface area contributed by atoms with Crippen LogP contribution in [0.3, 0.4) is 0 Å². The fraction of sp³-hybridized carbons (Fsp3) is 0.421. The van der Waals surface area contributed by atoms with Gasteiger partial charge in [-0.25, -0.2) is 4.79 Å². The number of ether oxygens (including phenoxy) is 1. The van der Waals surface area contributed by atoms with E-state index in [1.54, 1.807) is 6.92 Å². The molecule has 1 N–H and O–H groups in total. The molecule has 2 aromatic rings. The Kier molecular flexibility index (Phi) is 6.12. The Labute approximate surface area is 170 Å². The van der Waals surface area contributed by atoms with Crippen LogP contribution < -0.4 is 10.9 Å². The summed E-state index contributed by atoms with van der Waals surface area (Å²) in [6.07, 6.45) is 3.54. The van der Waals surface area contributed by atoms with Crippen molar-refractivity contribution in [1.82, 2.24) is 4.57 Å². The van der Waals surface area contributed by atoms with Crippen LogP contribution >= 0.6 is 11.3 Å². The van der Waals surface area contributed by atoms with Gasteiger partial charge < -0.3 is 10.1 Å². The molecule has 0 saturated heterocycles. The first-order valence-electron chi connectivity index (χ1n) is 9.26. The number of hydrogen-bond acceptors (Lipinski definition) is 7. The van der Waals surface area contributed by atoms with Crippen LogP contribution in [0.2, 0.25) is 0 Å². The van der Waals surface area contributed by atoms with Crippen molar-refractivity contribution in [3.63, 3.8) is 0 Å². The Morgan fingerprint density at radius 3 is 2.86 bits per heavy atom. The highest BCUT2D eigenvalue weighted by Crippen LogP contribution is 2.40. The second-order valence-electron chi connectivity index (χ2n) is 6.94. The molecule has 0 fully saturated rings. The van der Waals surface area contributed by atoms with E-state index in [0.717, 1.165) is 52.6 Å². The zero-order valence-electron chi connectivity index (χ0n) is 16.1. The van der Waals surface area contributed by atoms with Gasteiger partial charge in [0.1, 0.15) is 11.5 Å². The minimum absolute atomic E-state index is 0.219. The number of nitrogens with one attached hydrogen (secondary N) is 1. The van der Waals surface area contributed by atoms with E-state index in [-0.39, 0.29) is 12.3 Å². The molecule has 0 bridgehead atoms. The van der Waals surface area contributed by atoms with Crippen LogP contribution in [0.25, 0.3) is 0 Å². The van der Waals surface area contributed by atoms with Crippen LogP contribution in [-0.4, -0.2) is 28.0 Å². The number of nitro groups is 1. The van der Waals surface area contributed by atoms with E-state index in [9.17, 15) is 24.5 Å². The Morgan fingerprint density at radius 2 is 2.17 bits per heavy atom. The van der Waals surface area contributed by atoms with Crippen molar-refractivity contribution < 1.29 is 19.2 Å². The summed E-state index contributed by atoms with van der Waals surface area (Å²) in [7, 11) is 0. The second kappa shape index (κ2) is 8.56. The fourth-order valence-corrected chi connectivity index (χ4v) is 4.74. The van der Waals surface area contributed by atoms with Crippen LogP contribution in [0.1, 0.15) is 41.1 Å². The third-order valence-corrected chi connectivity index (χ3v) is 5.91. The first-order valence-corrected chi connectivity index (χ1v) is 10.1. The van der Waals surface area contributed by atoms with Gasteiger partial charge in [0.05, 0.1) is 23.3 Å². The van der Waals surface area contributed by atoms with E-state index in [2.05, 4.69) is 12.2 Å². The van der Waals surface area contributed by atoms with E-state index < -0.39 is 28.9 Å². The molecule has 1 aliphatic rings. The predicted octanol–water partition coefficient (Wildman–Crippen LogP) is 2.76. The average molecular weight is 419 g/mol. The first kappa shape index (κ1) is 20.7. The molecule has 3 rings (SSSR count). The molecule has 0 spiro atoms. The zero-order valence-corrected chi connectivity index (χ0v) is 16.9. The number of fused-ring (bicyclic) bond motifs is 1. The number of esters is 1. The topological polar surface area (TPSA) is 121 Å². The SMILES string of the molecule is CCOC(=O)c1c(NC(=O)Cn2cc([N+](=O)[O-])ccc2=O)sc2c1CCC(C)C2. The van der Waals surface area contributed by atoms with E-state index in [4.69, 9.17) is 4.74 Å². The highest BCUT2D eigenvalue weighted by molar-refractivity contribution is 7.17. The standard InChI is InChI=1S/C19H21N3O6S/c1-3-28-19(25)17-13-6-4-11(2)8-14(13)29-18(17)20-15(23)10-21-9-12(22(26)27)5-7-16(21)24/h5,7,9,11H,3-4,6,8,10H2,1-2H3,(H,20,23). The normalized spacial score (nSPS) is 15.4. The molecule has 1 atom stereocenters. The van der Waals surface area contributed by atoms with Crippen molar-refractivity contribution in [2.24, 2.45) is 5.92 Å². The van der Waals surface area contributed by atoms with E-state index in [0.29, 0.717) is 16.5 Å².